The molecule has 0 spiro atoms. The number of aryl methyl sites for hydroxylation is 2. The van der Waals surface area contributed by atoms with E-state index < -0.39 is 5.60 Å². The smallest absolute Gasteiger partial charge is 0.106 e. The molecule has 1 heterocycles. The average Bonchev–Trinajstić information content (AvgIpc) is 2.41. The van der Waals surface area contributed by atoms with Crippen LogP contribution in [0.3, 0.4) is 0 Å². The lowest BCUT2D eigenvalue weighted by atomic mass is 9.97. The molecular formula is C12H16N2O. The summed E-state index contributed by atoms with van der Waals surface area (Å²) in [5.41, 5.74) is 1.99. The Kier molecular flexibility index (Phi) is 2.08. The molecule has 1 aromatic carbocycles. The van der Waals surface area contributed by atoms with Crippen LogP contribution in [0.5, 0.6) is 0 Å². The predicted molar refractivity (Wildman–Crippen MR) is 60.7 cm³/mol. The summed E-state index contributed by atoms with van der Waals surface area (Å²) in [5.74, 6) is 0.960. The van der Waals surface area contributed by atoms with Gasteiger partial charge in [-0.1, -0.05) is 12.1 Å². The molecule has 0 aliphatic carbocycles. The second-order valence-corrected chi connectivity index (χ2v) is 4.45. The van der Waals surface area contributed by atoms with Crippen molar-refractivity contribution >= 4 is 11.0 Å². The van der Waals surface area contributed by atoms with Crippen molar-refractivity contribution in [3.63, 3.8) is 0 Å². The van der Waals surface area contributed by atoms with Crippen molar-refractivity contribution in [1.82, 2.24) is 9.55 Å². The Morgan fingerprint density at radius 1 is 1.33 bits per heavy atom. The number of rotatable bonds is 1. The molecule has 2 rings (SSSR count). The molecule has 1 aromatic heterocycles. The highest BCUT2D eigenvalue weighted by Gasteiger charge is 2.21. The zero-order valence-electron chi connectivity index (χ0n) is 9.57. The SMILES string of the molecule is Cc1nc2c(C(C)(C)O)cccc2n1C. The Balaban J connectivity index is 2.83. The molecule has 0 radical (unpaired) electrons. The first kappa shape index (κ1) is 10.2. The van der Waals surface area contributed by atoms with Crippen LogP contribution in [0.1, 0.15) is 25.2 Å². The highest BCUT2D eigenvalue weighted by atomic mass is 16.3. The van der Waals surface area contributed by atoms with E-state index in [2.05, 4.69) is 4.98 Å². The lowest BCUT2D eigenvalue weighted by Crippen LogP contribution is -2.15. The molecule has 15 heavy (non-hydrogen) atoms. The first-order valence-electron chi connectivity index (χ1n) is 5.06. The molecule has 0 bridgehead atoms. The van der Waals surface area contributed by atoms with Crippen molar-refractivity contribution in [3.05, 3.63) is 29.6 Å². The zero-order chi connectivity index (χ0) is 11.2. The molecule has 0 aliphatic heterocycles. The van der Waals surface area contributed by atoms with Gasteiger partial charge in [0.05, 0.1) is 16.6 Å². The van der Waals surface area contributed by atoms with E-state index in [4.69, 9.17) is 0 Å². The average molecular weight is 204 g/mol. The summed E-state index contributed by atoms with van der Waals surface area (Å²) in [7, 11) is 1.98. The number of benzene rings is 1. The number of aliphatic hydroxyl groups is 1. The third kappa shape index (κ3) is 1.53. The number of para-hydroxylation sites is 1. The van der Waals surface area contributed by atoms with E-state index in [0.717, 1.165) is 22.4 Å². The van der Waals surface area contributed by atoms with Crippen LogP contribution in [0.25, 0.3) is 11.0 Å². The second kappa shape index (κ2) is 3.07. The van der Waals surface area contributed by atoms with Crippen molar-refractivity contribution in [2.24, 2.45) is 7.05 Å². The fraction of sp³-hybridized carbons (Fsp3) is 0.417. The number of hydrogen-bond acceptors (Lipinski definition) is 2. The Bertz CT molecular complexity index is 506. The number of imidazole rings is 1. The monoisotopic (exact) mass is 204 g/mol. The minimum absolute atomic E-state index is 0.847. The second-order valence-electron chi connectivity index (χ2n) is 4.45. The minimum Gasteiger partial charge on any atom is -0.386 e. The topological polar surface area (TPSA) is 38.1 Å². The molecule has 2 aromatic rings. The summed E-state index contributed by atoms with van der Waals surface area (Å²) >= 11 is 0. The van der Waals surface area contributed by atoms with Crippen LogP contribution in [0, 0.1) is 6.92 Å². The van der Waals surface area contributed by atoms with Crippen molar-refractivity contribution in [2.45, 2.75) is 26.4 Å². The summed E-state index contributed by atoms with van der Waals surface area (Å²) in [4.78, 5) is 4.48. The number of hydrogen-bond donors (Lipinski definition) is 1. The van der Waals surface area contributed by atoms with E-state index in [9.17, 15) is 5.11 Å². The van der Waals surface area contributed by atoms with Crippen LogP contribution < -0.4 is 0 Å². The van der Waals surface area contributed by atoms with Gasteiger partial charge >= 0.3 is 0 Å². The third-order valence-corrected chi connectivity index (χ3v) is 2.79. The molecule has 3 heteroatoms. The fourth-order valence-corrected chi connectivity index (χ4v) is 1.82. The molecule has 3 nitrogen and oxygen atoms in total. The largest absolute Gasteiger partial charge is 0.386 e. The molecule has 0 atom stereocenters. The molecule has 80 valence electrons. The first-order chi connectivity index (χ1) is 6.91. The van der Waals surface area contributed by atoms with E-state index in [1.165, 1.54) is 0 Å². The van der Waals surface area contributed by atoms with Crippen LogP contribution >= 0.6 is 0 Å². The van der Waals surface area contributed by atoms with Crippen LogP contribution in [-0.2, 0) is 12.6 Å². The Morgan fingerprint density at radius 3 is 2.60 bits per heavy atom. The van der Waals surface area contributed by atoms with Gasteiger partial charge in [0, 0.05) is 12.6 Å². The van der Waals surface area contributed by atoms with Gasteiger partial charge in [-0.3, -0.25) is 0 Å². The van der Waals surface area contributed by atoms with Gasteiger partial charge in [0.2, 0.25) is 0 Å². The molecular weight excluding hydrogens is 188 g/mol. The maximum Gasteiger partial charge on any atom is 0.106 e. The molecule has 0 saturated carbocycles. The van der Waals surface area contributed by atoms with Crippen molar-refractivity contribution in [1.29, 1.82) is 0 Å². The standard InChI is InChI=1S/C12H16N2O/c1-8-13-11-9(12(2,3)15)6-5-7-10(11)14(8)4/h5-7,15H,1-4H3. The summed E-state index contributed by atoms with van der Waals surface area (Å²) < 4.78 is 2.03. The summed E-state index contributed by atoms with van der Waals surface area (Å²) in [6, 6.07) is 5.90. The van der Waals surface area contributed by atoms with Crippen LogP contribution in [0.2, 0.25) is 0 Å². The highest BCUT2D eigenvalue weighted by Crippen LogP contribution is 2.27. The van der Waals surface area contributed by atoms with Gasteiger partial charge in [0.1, 0.15) is 5.82 Å². The Morgan fingerprint density at radius 2 is 2.00 bits per heavy atom. The van der Waals surface area contributed by atoms with Crippen molar-refractivity contribution < 1.29 is 5.11 Å². The summed E-state index contributed by atoms with van der Waals surface area (Å²) in [5, 5.41) is 10.0. The van der Waals surface area contributed by atoms with Crippen LogP contribution in [-0.4, -0.2) is 14.7 Å². The van der Waals surface area contributed by atoms with E-state index >= 15 is 0 Å². The number of nitrogens with zero attached hydrogens (tertiary/aromatic N) is 2. The Labute approximate surface area is 89.4 Å². The molecule has 0 fully saturated rings. The van der Waals surface area contributed by atoms with Crippen molar-refractivity contribution in [2.75, 3.05) is 0 Å². The van der Waals surface area contributed by atoms with Gasteiger partial charge in [0.25, 0.3) is 0 Å². The van der Waals surface area contributed by atoms with E-state index in [-0.39, 0.29) is 0 Å². The van der Waals surface area contributed by atoms with Crippen molar-refractivity contribution in [3.8, 4) is 0 Å². The van der Waals surface area contributed by atoms with Gasteiger partial charge in [-0.05, 0) is 26.8 Å². The fourth-order valence-electron chi connectivity index (χ4n) is 1.82. The van der Waals surface area contributed by atoms with E-state index in [1.807, 2.05) is 36.7 Å². The minimum atomic E-state index is -0.847. The number of aromatic nitrogens is 2. The maximum atomic E-state index is 10.0. The van der Waals surface area contributed by atoms with E-state index in [1.54, 1.807) is 13.8 Å². The van der Waals surface area contributed by atoms with Gasteiger partial charge in [-0.15, -0.1) is 0 Å². The van der Waals surface area contributed by atoms with Crippen LogP contribution in [0.4, 0.5) is 0 Å². The van der Waals surface area contributed by atoms with Crippen LogP contribution in [0.15, 0.2) is 18.2 Å². The highest BCUT2D eigenvalue weighted by molar-refractivity contribution is 5.80. The lowest BCUT2D eigenvalue weighted by molar-refractivity contribution is 0.0800. The zero-order valence-corrected chi connectivity index (χ0v) is 9.57. The third-order valence-electron chi connectivity index (χ3n) is 2.79. The number of fused-ring (bicyclic) bond motifs is 1. The molecule has 0 unspecified atom stereocenters. The Hall–Kier alpha value is -1.35. The molecule has 1 N–H and O–H groups in total. The molecule has 0 saturated heterocycles. The predicted octanol–water partition coefficient (Wildman–Crippen LogP) is 2.11. The molecule has 0 aliphatic rings. The van der Waals surface area contributed by atoms with E-state index in [0.29, 0.717) is 0 Å². The quantitative estimate of drug-likeness (QED) is 0.772. The normalized spacial score (nSPS) is 12.3. The first-order valence-corrected chi connectivity index (χ1v) is 5.06. The summed E-state index contributed by atoms with van der Waals surface area (Å²) in [6.45, 7) is 5.53. The lowest BCUT2D eigenvalue weighted by Gasteiger charge is -2.17. The van der Waals surface area contributed by atoms with Gasteiger partial charge < -0.3 is 9.67 Å². The maximum absolute atomic E-state index is 10.0. The van der Waals surface area contributed by atoms with Gasteiger partial charge in [-0.2, -0.15) is 0 Å². The molecule has 0 amide bonds. The summed E-state index contributed by atoms with van der Waals surface area (Å²) in [6.07, 6.45) is 0. The van der Waals surface area contributed by atoms with Gasteiger partial charge in [0.15, 0.2) is 0 Å². The van der Waals surface area contributed by atoms with Gasteiger partial charge in [-0.25, -0.2) is 4.98 Å².